The molecule has 6 amide bonds. The molecule has 1 saturated heterocycles. The van der Waals surface area contributed by atoms with Gasteiger partial charge < -0.3 is 52.5 Å². The Balaban J connectivity index is 1.57. The number of carboxylic acid groups (broad SMARTS) is 1. The van der Waals surface area contributed by atoms with Crippen LogP contribution in [0.4, 0.5) is 0 Å². The highest BCUT2D eigenvalue weighted by Crippen LogP contribution is 2.29. The summed E-state index contributed by atoms with van der Waals surface area (Å²) in [6.07, 6.45) is 8.36. The molecule has 0 aromatic heterocycles. The maximum Gasteiger partial charge on any atom is 0.328 e. The first kappa shape index (κ1) is 49.8. The second kappa shape index (κ2) is 22.5. The lowest BCUT2D eigenvalue weighted by atomic mass is 9.88. The van der Waals surface area contributed by atoms with Gasteiger partial charge in [-0.3, -0.25) is 33.8 Å². The molecule has 18 heteroatoms. The fourth-order valence-corrected chi connectivity index (χ4v) is 7.76. The van der Waals surface area contributed by atoms with Crippen LogP contribution in [0.5, 0.6) is 5.75 Å². The largest absolute Gasteiger partial charge is 0.508 e. The average molecular weight is 877 g/mol. The van der Waals surface area contributed by atoms with Gasteiger partial charge in [0.25, 0.3) is 0 Å². The zero-order valence-electron chi connectivity index (χ0n) is 37.0. The smallest absolute Gasteiger partial charge is 0.328 e. The van der Waals surface area contributed by atoms with Crippen molar-refractivity contribution in [1.29, 1.82) is 0 Å². The summed E-state index contributed by atoms with van der Waals surface area (Å²) in [6, 6.07) is -2.36. The first-order valence-corrected chi connectivity index (χ1v) is 21.6. The SMILES string of the molecule is CC(C)C[C@H](N)C(=O)N[C@H](C(=O)N[C@H](C(=O)N[C@@H](Cc1ccc(O)cc1)C(=O)N1CCC[C@H]1C(=O)N[C@@H](CC1=CN=C2C=CC=CC12)C(=O)N[C@H](C(=O)O)[C@@H](C)O)C(C)C)C(C)C. The summed E-state index contributed by atoms with van der Waals surface area (Å²) in [5.74, 6) is -6.47. The monoisotopic (exact) mass is 876 g/mol. The van der Waals surface area contributed by atoms with Crippen molar-refractivity contribution in [3.05, 3.63) is 65.9 Å². The van der Waals surface area contributed by atoms with Crippen LogP contribution in [-0.4, -0.2) is 122 Å². The van der Waals surface area contributed by atoms with Crippen LogP contribution in [0.3, 0.4) is 0 Å². The number of aliphatic hydroxyl groups excluding tert-OH is 1. The van der Waals surface area contributed by atoms with Crippen molar-refractivity contribution in [2.24, 2.45) is 34.4 Å². The number of phenols is 1. The first-order valence-electron chi connectivity index (χ1n) is 21.6. The van der Waals surface area contributed by atoms with Crippen molar-refractivity contribution in [2.45, 2.75) is 129 Å². The van der Waals surface area contributed by atoms with Crippen LogP contribution in [0, 0.1) is 23.7 Å². The second-order valence-electron chi connectivity index (χ2n) is 17.6. The van der Waals surface area contributed by atoms with E-state index >= 15 is 0 Å². The molecule has 0 bridgehead atoms. The van der Waals surface area contributed by atoms with E-state index < -0.39 is 95.7 Å². The third-order valence-corrected chi connectivity index (χ3v) is 11.3. The van der Waals surface area contributed by atoms with Gasteiger partial charge in [-0.1, -0.05) is 71.9 Å². The van der Waals surface area contributed by atoms with Gasteiger partial charge in [-0.25, -0.2) is 4.79 Å². The number of aliphatic imine (C=N–C) groups is 1. The molecule has 0 saturated carbocycles. The molecule has 3 aliphatic rings. The van der Waals surface area contributed by atoms with Gasteiger partial charge >= 0.3 is 5.97 Å². The minimum atomic E-state index is -1.67. The number of hydrogen-bond donors (Lipinski definition) is 9. The molecule has 1 aliphatic carbocycles. The molecule has 63 heavy (non-hydrogen) atoms. The Bertz CT molecular complexity index is 1970. The quantitative estimate of drug-likeness (QED) is 0.0839. The number of carbonyl (C=O) groups excluding carboxylic acids is 6. The summed E-state index contributed by atoms with van der Waals surface area (Å²) >= 11 is 0. The molecule has 9 atom stereocenters. The molecule has 10 N–H and O–H groups in total. The molecule has 344 valence electrons. The number of phenolic OH excluding ortho intramolecular Hbond substituents is 1. The minimum absolute atomic E-state index is 0.0182. The number of amides is 6. The van der Waals surface area contributed by atoms with Gasteiger partial charge in [-0.15, -0.1) is 0 Å². The summed E-state index contributed by atoms with van der Waals surface area (Å²) in [4.78, 5) is 101. The lowest BCUT2D eigenvalue weighted by Gasteiger charge is -2.32. The van der Waals surface area contributed by atoms with Gasteiger partial charge in [0.05, 0.1) is 17.9 Å². The third kappa shape index (κ3) is 13.6. The summed E-state index contributed by atoms with van der Waals surface area (Å²) in [7, 11) is 0. The Morgan fingerprint density at radius 1 is 0.778 bits per heavy atom. The van der Waals surface area contributed by atoms with Crippen LogP contribution in [0.1, 0.15) is 79.7 Å². The van der Waals surface area contributed by atoms with Crippen LogP contribution >= 0.6 is 0 Å². The van der Waals surface area contributed by atoms with E-state index in [1.165, 1.54) is 24.0 Å². The number of fused-ring (bicyclic) bond motifs is 1. The molecule has 1 fully saturated rings. The lowest BCUT2D eigenvalue weighted by molar-refractivity contribution is -0.145. The van der Waals surface area contributed by atoms with Crippen molar-refractivity contribution >= 4 is 47.1 Å². The number of aliphatic hydroxyl groups is 1. The second-order valence-corrected chi connectivity index (χ2v) is 17.6. The highest BCUT2D eigenvalue weighted by Gasteiger charge is 2.41. The fourth-order valence-electron chi connectivity index (χ4n) is 7.76. The number of aromatic hydroxyl groups is 1. The van der Waals surface area contributed by atoms with Crippen LogP contribution in [-0.2, 0) is 40.0 Å². The topological polar surface area (TPSA) is 282 Å². The van der Waals surface area contributed by atoms with E-state index in [2.05, 4.69) is 31.6 Å². The molecule has 18 nitrogen and oxygen atoms in total. The molecule has 1 aromatic rings. The van der Waals surface area contributed by atoms with E-state index in [-0.39, 0.29) is 49.3 Å². The zero-order valence-corrected chi connectivity index (χ0v) is 37.0. The van der Waals surface area contributed by atoms with Crippen LogP contribution in [0.25, 0.3) is 0 Å². The van der Waals surface area contributed by atoms with E-state index in [0.717, 1.165) is 5.71 Å². The number of aliphatic carboxylic acids is 1. The summed E-state index contributed by atoms with van der Waals surface area (Å²) in [5, 5.41) is 43.1. The maximum atomic E-state index is 14.6. The van der Waals surface area contributed by atoms with Crippen molar-refractivity contribution in [1.82, 2.24) is 31.5 Å². The summed E-state index contributed by atoms with van der Waals surface area (Å²) in [6.45, 7) is 12.1. The number of rotatable bonds is 21. The van der Waals surface area contributed by atoms with Crippen molar-refractivity contribution in [3.8, 4) is 5.75 Å². The molecule has 0 radical (unpaired) electrons. The van der Waals surface area contributed by atoms with E-state index in [4.69, 9.17) is 5.73 Å². The molecule has 4 rings (SSSR count). The Hall–Kier alpha value is -5.88. The van der Waals surface area contributed by atoms with Crippen molar-refractivity contribution in [2.75, 3.05) is 6.54 Å². The number of benzene rings is 1. The summed E-state index contributed by atoms with van der Waals surface area (Å²) in [5.41, 5.74) is 8.06. The highest BCUT2D eigenvalue weighted by atomic mass is 16.4. The molecule has 0 spiro atoms. The predicted molar refractivity (Wildman–Crippen MR) is 235 cm³/mol. The van der Waals surface area contributed by atoms with E-state index in [1.807, 2.05) is 38.2 Å². The van der Waals surface area contributed by atoms with Gasteiger partial charge in [0.2, 0.25) is 35.4 Å². The molecule has 1 aromatic carbocycles. The van der Waals surface area contributed by atoms with Crippen molar-refractivity contribution in [3.63, 3.8) is 0 Å². The molecule has 2 heterocycles. The van der Waals surface area contributed by atoms with E-state index in [9.17, 15) is 48.9 Å². The molecular weight excluding hydrogens is 813 g/mol. The van der Waals surface area contributed by atoms with Crippen LogP contribution < -0.4 is 32.3 Å². The number of allylic oxidation sites excluding steroid dienone is 4. The Labute approximate surface area is 368 Å². The van der Waals surface area contributed by atoms with E-state index in [1.54, 1.807) is 46.0 Å². The maximum absolute atomic E-state index is 14.6. The Kier molecular flexibility index (Phi) is 17.7. The fraction of sp³-hybridized carbons (Fsp3) is 0.556. The summed E-state index contributed by atoms with van der Waals surface area (Å²) < 4.78 is 0. The minimum Gasteiger partial charge on any atom is -0.508 e. The average Bonchev–Trinajstić information content (AvgIpc) is 3.88. The lowest BCUT2D eigenvalue weighted by Crippen LogP contribution is -2.61. The van der Waals surface area contributed by atoms with Gasteiger partial charge in [-0.05, 0) is 73.3 Å². The Morgan fingerprint density at radius 2 is 1.38 bits per heavy atom. The standard InChI is InChI=1S/C45H64N8O10/c1-23(2)19-31(46)39(56)50-37(25(5)6)43(60)51-36(24(3)4)42(59)49-34(20-27-14-16-29(55)17-15-27)44(61)53-18-10-13-35(53)41(58)48-33(40(57)52-38(26(7)54)45(62)63)21-28-22-47-32-12-9-8-11-30(28)32/h8-9,11-12,14-17,22-26,30-31,33-38,54-55H,10,13,18-21,46H2,1-7H3,(H,48,58)(H,49,59)(H,50,56)(H,51,60)(H,52,57)(H,62,63)/t26-,30?,31+,33+,34+,35+,36+,37+,38+/m1/s1. The zero-order chi connectivity index (χ0) is 46.7. The normalized spacial score (nSPS) is 20.1. The van der Waals surface area contributed by atoms with Gasteiger partial charge in [0.15, 0.2) is 6.04 Å². The predicted octanol–water partition coefficient (Wildman–Crippen LogP) is 0.971. The number of nitrogens with zero attached hydrogens (tertiary/aromatic N) is 2. The van der Waals surface area contributed by atoms with Gasteiger partial charge in [0, 0.05) is 31.5 Å². The van der Waals surface area contributed by atoms with Gasteiger partial charge in [0.1, 0.15) is 36.0 Å². The number of carboxylic acids is 1. The number of carbonyl (C=O) groups is 7. The molecule has 1 unspecified atom stereocenters. The first-order chi connectivity index (χ1) is 29.7. The van der Waals surface area contributed by atoms with E-state index in [0.29, 0.717) is 24.0 Å². The van der Waals surface area contributed by atoms with Gasteiger partial charge in [-0.2, -0.15) is 0 Å². The third-order valence-electron chi connectivity index (χ3n) is 11.3. The molecule has 2 aliphatic heterocycles. The van der Waals surface area contributed by atoms with Crippen LogP contribution in [0.2, 0.25) is 0 Å². The highest BCUT2D eigenvalue weighted by molar-refractivity contribution is 6.03. The number of hydrogen-bond acceptors (Lipinski definition) is 11. The number of nitrogens with one attached hydrogen (secondary N) is 5. The van der Waals surface area contributed by atoms with Crippen LogP contribution in [0.15, 0.2) is 65.3 Å². The molecular formula is C45H64N8O10. The number of likely N-dealkylation sites (tertiary alicyclic amines) is 1. The Morgan fingerprint density at radius 3 is 1.97 bits per heavy atom. The number of nitrogens with two attached hydrogens (primary N) is 1. The van der Waals surface area contributed by atoms with Crippen molar-refractivity contribution < 1.29 is 48.9 Å².